The van der Waals surface area contributed by atoms with Crippen LogP contribution in [-0.4, -0.2) is 30.4 Å². The average Bonchev–Trinajstić information content (AvgIpc) is 3.09. The zero-order valence-corrected chi connectivity index (χ0v) is 13.3. The summed E-state index contributed by atoms with van der Waals surface area (Å²) in [5.74, 6) is -1.25. The number of nitrogens with zero attached hydrogens (tertiary/aromatic N) is 1. The van der Waals surface area contributed by atoms with E-state index < -0.39 is 17.5 Å². The zero-order chi connectivity index (χ0) is 16.9. The van der Waals surface area contributed by atoms with E-state index in [0.29, 0.717) is 6.54 Å². The third kappa shape index (κ3) is 4.00. The number of furan rings is 1. The molecule has 128 valence electrons. The Morgan fingerprint density at radius 1 is 1.17 bits per heavy atom. The number of benzene rings is 1. The van der Waals surface area contributed by atoms with Crippen molar-refractivity contribution in [2.75, 3.05) is 19.6 Å². The van der Waals surface area contributed by atoms with Gasteiger partial charge in [0.05, 0.1) is 12.3 Å². The summed E-state index contributed by atoms with van der Waals surface area (Å²) < 4.78 is 32.0. The maximum absolute atomic E-state index is 13.3. The van der Waals surface area contributed by atoms with Crippen molar-refractivity contribution in [3.63, 3.8) is 0 Å². The van der Waals surface area contributed by atoms with Crippen molar-refractivity contribution < 1.29 is 18.0 Å². The molecule has 0 unspecified atom stereocenters. The second-order valence-corrected chi connectivity index (χ2v) is 6.00. The van der Waals surface area contributed by atoms with E-state index in [1.807, 2.05) is 12.1 Å². The van der Waals surface area contributed by atoms with Gasteiger partial charge in [0, 0.05) is 18.2 Å². The topological polar surface area (TPSA) is 45.5 Å². The second-order valence-electron chi connectivity index (χ2n) is 6.00. The summed E-state index contributed by atoms with van der Waals surface area (Å²) in [5, 5.41) is 2.77. The van der Waals surface area contributed by atoms with Crippen LogP contribution in [0.5, 0.6) is 0 Å². The van der Waals surface area contributed by atoms with Gasteiger partial charge in [0.15, 0.2) is 0 Å². The van der Waals surface area contributed by atoms with Crippen molar-refractivity contribution in [3.05, 3.63) is 59.6 Å². The monoisotopic (exact) mass is 334 g/mol. The molecule has 1 saturated heterocycles. The summed E-state index contributed by atoms with van der Waals surface area (Å²) in [6, 6.07) is 6.42. The van der Waals surface area contributed by atoms with Crippen molar-refractivity contribution in [2.24, 2.45) is 0 Å². The third-order valence-corrected chi connectivity index (χ3v) is 4.28. The molecule has 1 fully saturated rings. The molecule has 1 aromatic heterocycles. The molecule has 0 aliphatic carbocycles. The van der Waals surface area contributed by atoms with Gasteiger partial charge in [-0.1, -0.05) is 6.42 Å². The zero-order valence-electron chi connectivity index (χ0n) is 13.3. The Labute approximate surface area is 139 Å². The number of halogens is 2. The average molecular weight is 334 g/mol. The van der Waals surface area contributed by atoms with Crippen LogP contribution in [-0.2, 0) is 0 Å². The molecule has 2 heterocycles. The predicted octanol–water partition coefficient (Wildman–Crippen LogP) is 3.51. The third-order valence-electron chi connectivity index (χ3n) is 4.28. The molecule has 24 heavy (non-hydrogen) atoms. The van der Waals surface area contributed by atoms with Crippen molar-refractivity contribution in [1.29, 1.82) is 0 Å². The number of amides is 1. The SMILES string of the molecule is O=C(NC[C@H](c1ccco1)N1CCCCC1)c1cc(F)cc(F)c1. The summed E-state index contributed by atoms with van der Waals surface area (Å²) in [5.41, 5.74) is -0.0238. The number of piperidine rings is 1. The largest absolute Gasteiger partial charge is 0.468 e. The van der Waals surface area contributed by atoms with Gasteiger partial charge < -0.3 is 9.73 Å². The second kappa shape index (κ2) is 7.57. The van der Waals surface area contributed by atoms with E-state index in [2.05, 4.69) is 10.2 Å². The fourth-order valence-electron chi connectivity index (χ4n) is 3.10. The fraction of sp³-hybridized carbons (Fsp3) is 0.389. The van der Waals surface area contributed by atoms with Crippen LogP contribution in [0.4, 0.5) is 8.78 Å². The summed E-state index contributed by atoms with van der Waals surface area (Å²) in [6.07, 6.45) is 5.03. The number of carbonyl (C=O) groups is 1. The first-order valence-electron chi connectivity index (χ1n) is 8.15. The highest BCUT2D eigenvalue weighted by Crippen LogP contribution is 2.24. The molecule has 1 N–H and O–H groups in total. The van der Waals surface area contributed by atoms with Crippen LogP contribution in [0.2, 0.25) is 0 Å². The fourth-order valence-corrected chi connectivity index (χ4v) is 3.10. The lowest BCUT2D eigenvalue weighted by Crippen LogP contribution is -2.40. The van der Waals surface area contributed by atoms with E-state index in [0.717, 1.165) is 49.9 Å². The first kappa shape index (κ1) is 16.6. The van der Waals surface area contributed by atoms with Crippen LogP contribution in [0.15, 0.2) is 41.0 Å². The van der Waals surface area contributed by atoms with Gasteiger partial charge in [-0.25, -0.2) is 8.78 Å². The van der Waals surface area contributed by atoms with Crippen LogP contribution >= 0.6 is 0 Å². The highest BCUT2D eigenvalue weighted by Gasteiger charge is 2.25. The number of likely N-dealkylation sites (tertiary alicyclic amines) is 1. The summed E-state index contributed by atoms with van der Waals surface area (Å²) >= 11 is 0. The Morgan fingerprint density at radius 3 is 2.50 bits per heavy atom. The van der Waals surface area contributed by atoms with Gasteiger partial charge in [-0.05, 0) is 50.2 Å². The van der Waals surface area contributed by atoms with Crippen LogP contribution in [0.25, 0.3) is 0 Å². The standard InChI is InChI=1S/C18H20F2N2O2/c19-14-9-13(10-15(20)11-14)18(23)21-12-16(17-5-4-8-24-17)22-6-2-1-3-7-22/h4-5,8-11,16H,1-3,6-7,12H2,(H,21,23)/t16-/m1/s1. The van der Waals surface area contributed by atoms with Gasteiger partial charge in [0.25, 0.3) is 5.91 Å². The molecule has 0 radical (unpaired) electrons. The van der Waals surface area contributed by atoms with Gasteiger partial charge in [-0.15, -0.1) is 0 Å². The molecule has 3 rings (SSSR count). The predicted molar refractivity (Wildman–Crippen MR) is 85.6 cm³/mol. The van der Waals surface area contributed by atoms with E-state index in [4.69, 9.17) is 4.42 Å². The first-order chi connectivity index (χ1) is 11.6. The Morgan fingerprint density at radius 2 is 1.88 bits per heavy atom. The molecule has 2 aromatic rings. The normalized spacial score (nSPS) is 16.8. The molecular formula is C18H20F2N2O2. The molecule has 1 aliphatic heterocycles. The Balaban J connectivity index is 1.69. The van der Waals surface area contributed by atoms with Crippen molar-refractivity contribution >= 4 is 5.91 Å². The van der Waals surface area contributed by atoms with Crippen molar-refractivity contribution in [3.8, 4) is 0 Å². The number of hydrogen-bond acceptors (Lipinski definition) is 3. The quantitative estimate of drug-likeness (QED) is 0.910. The molecule has 1 amide bonds. The van der Waals surface area contributed by atoms with Crippen LogP contribution in [0, 0.1) is 11.6 Å². The number of hydrogen-bond donors (Lipinski definition) is 1. The Bertz CT molecular complexity index is 662. The Kier molecular flexibility index (Phi) is 5.25. The van der Waals surface area contributed by atoms with Crippen LogP contribution in [0.1, 0.15) is 41.4 Å². The van der Waals surface area contributed by atoms with E-state index >= 15 is 0 Å². The first-order valence-corrected chi connectivity index (χ1v) is 8.15. The number of carbonyl (C=O) groups excluding carboxylic acids is 1. The Hall–Kier alpha value is -2.21. The minimum Gasteiger partial charge on any atom is -0.468 e. The lowest BCUT2D eigenvalue weighted by Gasteiger charge is -2.33. The van der Waals surface area contributed by atoms with E-state index in [1.165, 1.54) is 6.42 Å². The van der Waals surface area contributed by atoms with Gasteiger partial charge in [0.1, 0.15) is 17.4 Å². The van der Waals surface area contributed by atoms with Crippen molar-refractivity contribution in [1.82, 2.24) is 10.2 Å². The van der Waals surface area contributed by atoms with Gasteiger partial charge in [-0.2, -0.15) is 0 Å². The number of nitrogens with one attached hydrogen (secondary N) is 1. The van der Waals surface area contributed by atoms with E-state index in [-0.39, 0.29) is 11.6 Å². The molecule has 0 bridgehead atoms. The van der Waals surface area contributed by atoms with Crippen LogP contribution in [0.3, 0.4) is 0 Å². The van der Waals surface area contributed by atoms with Crippen LogP contribution < -0.4 is 5.32 Å². The van der Waals surface area contributed by atoms with Crippen molar-refractivity contribution in [2.45, 2.75) is 25.3 Å². The lowest BCUT2D eigenvalue weighted by atomic mass is 10.1. The molecule has 0 saturated carbocycles. The highest BCUT2D eigenvalue weighted by atomic mass is 19.1. The van der Waals surface area contributed by atoms with E-state index in [1.54, 1.807) is 6.26 Å². The molecule has 1 aliphatic rings. The van der Waals surface area contributed by atoms with Gasteiger partial charge in [0.2, 0.25) is 0 Å². The highest BCUT2D eigenvalue weighted by molar-refractivity contribution is 5.94. The molecular weight excluding hydrogens is 314 g/mol. The van der Waals surface area contributed by atoms with E-state index in [9.17, 15) is 13.6 Å². The lowest BCUT2D eigenvalue weighted by molar-refractivity contribution is 0.0913. The summed E-state index contributed by atoms with van der Waals surface area (Å²) in [7, 11) is 0. The molecule has 6 heteroatoms. The molecule has 0 spiro atoms. The molecule has 1 atom stereocenters. The minimum absolute atomic E-state index is 0.0238. The maximum atomic E-state index is 13.3. The smallest absolute Gasteiger partial charge is 0.251 e. The van der Waals surface area contributed by atoms with Gasteiger partial charge in [-0.3, -0.25) is 9.69 Å². The molecule has 4 nitrogen and oxygen atoms in total. The summed E-state index contributed by atoms with van der Waals surface area (Å²) in [6.45, 7) is 2.20. The van der Waals surface area contributed by atoms with Gasteiger partial charge >= 0.3 is 0 Å². The number of rotatable bonds is 5. The minimum atomic E-state index is -0.765. The maximum Gasteiger partial charge on any atom is 0.251 e. The summed E-state index contributed by atoms with van der Waals surface area (Å²) in [4.78, 5) is 14.5. The molecule has 1 aromatic carbocycles.